The fraction of sp³-hybridized carbons (Fsp3) is 0.864. The van der Waals surface area contributed by atoms with Crippen LogP contribution in [0.15, 0.2) is 12.7 Å². The zero-order valence-corrected chi connectivity index (χ0v) is 16.7. The minimum Gasteiger partial charge on any atom is -0.434 e. The van der Waals surface area contributed by atoms with Crippen molar-refractivity contribution in [3.8, 4) is 0 Å². The van der Waals surface area contributed by atoms with Crippen molar-refractivity contribution in [3.63, 3.8) is 0 Å². The Hall–Kier alpha value is -0.990. The number of ether oxygens (including phenoxy) is 2. The quantitative estimate of drug-likeness (QED) is 0.136. The van der Waals surface area contributed by atoms with Crippen molar-refractivity contribution in [3.05, 3.63) is 12.7 Å². The van der Waals surface area contributed by atoms with E-state index in [1.165, 1.54) is 83.5 Å². The molecule has 0 unspecified atom stereocenters. The third-order valence-electron chi connectivity index (χ3n) is 4.51. The minimum atomic E-state index is -0.549. The first-order chi connectivity index (χ1) is 12.3. The van der Waals surface area contributed by atoms with Crippen LogP contribution >= 0.6 is 0 Å². The Morgan fingerprint density at radius 2 is 1.08 bits per heavy atom. The smallest absolute Gasteiger partial charge is 0.434 e. The van der Waals surface area contributed by atoms with E-state index < -0.39 is 6.16 Å². The van der Waals surface area contributed by atoms with Gasteiger partial charge in [-0.25, -0.2) is 4.79 Å². The lowest BCUT2D eigenvalue weighted by atomic mass is 10.0. The lowest BCUT2D eigenvalue weighted by Crippen LogP contribution is -2.09. The molecule has 3 nitrogen and oxygen atoms in total. The predicted octanol–water partition coefficient (Wildman–Crippen LogP) is 7.59. The molecule has 0 amide bonds. The zero-order valence-electron chi connectivity index (χ0n) is 16.7. The Morgan fingerprint density at radius 3 is 1.52 bits per heavy atom. The summed E-state index contributed by atoms with van der Waals surface area (Å²) in [7, 11) is 0. The van der Waals surface area contributed by atoms with Gasteiger partial charge in [-0.2, -0.15) is 0 Å². The number of hydrogen-bond donors (Lipinski definition) is 0. The molecule has 25 heavy (non-hydrogen) atoms. The molecule has 0 fully saturated rings. The topological polar surface area (TPSA) is 35.5 Å². The zero-order chi connectivity index (χ0) is 18.4. The maximum atomic E-state index is 11.2. The van der Waals surface area contributed by atoms with Gasteiger partial charge in [0.15, 0.2) is 0 Å². The first-order valence-corrected chi connectivity index (χ1v) is 10.7. The van der Waals surface area contributed by atoms with Crippen LogP contribution in [-0.4, -0.2) is 19.4 Å². The van der Waals surface area contributed by atoms with Crippen molar-refractivity contribution in [2.45, 2.75) is 110 Å². The lowest BCUT2D eigenvalue weighted by molar-refractivity contribution is 0.0553. The molecule has 0 atom stereocenters. The Morgan fingerprint density at radius 1 is 0.680 bits per heavy atom. The summed E-state index contributed by atoms with van der Waals surface area (Å²) in [5.74, 6) is 0. The van der Waals surface area contributed by atoms with Gasteiger partial charge < -0.3 is 9.47 Å². The van der Waals surface area contributed by atoms with Crippen molar-refractivity contribution in [1.29, 1.82) is 0 Å². The molecule has 0 aromatic carbocycles. The molecule has 0 aromatic heterocycles. The van der Waals surface area contributed by atoms with Gasteiger partial charge in [0.25, 0.3) is 0 Å². The second kappa shape index (κ2) is 21.1. The third-order valence-corrected chi connectivity index (χ3v) is 4.51. The number of unbranched alkanes of at least 4 members (excludes halogenated alkanes) is 14. The van der Waals surface area contributed by atoms with E-state index in [0.717, 1.165) is 12.8 Å². The lowest BCUT2D eigenvalue weighted by Gasteiger charge is -2.05. The molecule has 0 aliphatic carbocycles. The highest BCUT2D eigenvalue weighted by atomic mass is 16.7. The van der Waals surface area contributed by atoms with Crippen LogP contribution in [0.1, 0.15) is 110 Å². The first kappa shape index (κ1) is 24.0. The summed E-state index contributed by atoms with van der Waals surface area (Å²) in [6.07, 6.45) is 21.9. The SMILES string of the molecule is C=CCCOC(=O)OCCCCCCCCCCCCCCCCC. The highest BCUT2D eigenvalue weighted by Gasteiger charge is 2.02. The van der Waals surface area contributed by atoms with E-state index in [4.69, 9.17) is 9.47 Å². The molecule has 0 saturated heterocycles. The van der Waals surface area contributed by atoms with Gasteiger partial charge in [0.2, 0.25) is 0 Å². The normalized spacial score (nSPS) is 10.6. The molecular weight excluding hydrogens is 312 g/mol. The average molecular weight is 355 g/mol. The molecular formula is C22H42O3. The van der Waals surface area contributed by atoms with Gasteiger partial charge in [-0.3, -0.25) is 0 Å². The summed E-state index contributed by atoms with van der Waals surface area (Å²) in [5, 5.41) is 0. The minimum absolute atomic E-state index is 0.362. The Bertz CT molecular complexity index is 289. The van der Waals surface area contributed by atoms with Crippen LogP contribution in [0, 0.1) is 0 Å². The molecule has 3 heteroatoms. The van der Waals surface area contributed by atoms with Crippen LogP contribution in [0.25, 0.3) is 0 Å². The number of rotatable bonds is 19. The summed E-state index contributed by atoms with van der Waals surface area (Å²) in [4.78, 5) is 11.2. The van der Waals surface area contributed by atoms with E-state index in [2.05, 4.69) is 13.5 Å². The molecule has 0 heterocycles. The van der Waals surface area contributed by atoms with Gasteiger partial charge in [-0.05, 0) is 12.8 Å². The highest BCUT2D eigenvalue weighted by Crippen LogP contribution is 2.13. The molecule has 0 saturated carbocycles. The van der Waals surface area contributed by atoms with Crippen molar-refractivity contribution >= 4 is 6.16 Å². The molecule has 0 aromatic rings. The molecule has 0 aliphatic rings. The first-order valence-electron chi connectivity index (χ1n) is 10.7. The fourth-order valence-corrected chi connectivity index (χ4v) is 2.90. The highest BCUT2D eigenvalue weighted by molar-refractivity contribution is 5.59. The largest absolute Gasteiger partial charge is 0.508 e. The van der Waals surface area contributed by atoms with E-state index >= 15 is 0 Å². The van der Waals surface area contributed by atoms with Gasteiger partial charge in [0.1, 0.15) is 0 Å². The molecule has 0 radical (unpaired) electrons. The van der Waals surface area contributed by atoms with Gasteiger partial charge in [-0.15, -0.1) is 6.58 Å². The van der Waals surface area contributed by atoms with E-state index in [-0.39, 0.29) is 0 Å². The Balaban J connectivity index is 3.07. The summed E-state index contributed by atoms with van der Waals surface area (Å²) >= 11 is 0. The van der Waals surface area contributed by atoms with Gasteiger partial charge in [0, 0.05) is 0 Å². The van der Waals surface area contributed by atoms with Crippen LogP contribution in [0.4, 0.5) is 4.79 Å². The maximum absolute atomic E-state index is 11.2. The standard InChI is InChI=1S/C22H42O3/c1-3-5-7-8-9-10-11-12-13-14-15-16-17-18-19-21-25-22(23)24-20-6-4-2/h4H,2-3,5-21H2,1H3. The second-order valence-corrected chi connectivity index (χ2v) is 6.97. The van der Waals surface area contributed by atoms with Crippen LogP contribution in [0.3, 0.4) is 0 Å². The number of carbonyl (C=O) groups is 1. The van der Waals surface area contributed by atoms with E-state index in [1.807, 2.05) is 0 Å². The summed E-state index contributed by atoms with van der Waals surface area (Å²) in [6.45, 7) is 6.69. The van der Waals surface area contributed by atoms with Gasteiger partial charge in [-0.1, -0.05) is 103 Å². The third kappa shape index (κ3) is 21.0. The van der Waals surface area contributed by atoms with E-state index in [1.54, 1.807) is 6.08 Å². The van der Waals surface area contributed by atoms with Crippen molar-refractivity contribution in [1.82, 2.24) is 0 Å². The maximum Gasteiger partial charge on any atom is 0.508 e. The molecule has 0 aliphatic heterocycles. The van der Waals surface area contributed by atoms with Gasteiger partial charge >= 0.3 is 6.16 Å². The number of carbonyl (C=O) groups excluding carboxylic acids is 1. The molecule has 0 N–H and O–H groups in total. The monoisotopic (exact) mass is 354 g/mol. The van der Waals surface area contributed by atoms with Crippen molar-refractivity contribution in [2.75, 3.05) is 13.2 Å². The summed E-state index contributed by atoms with van der Waals surface area (Å²) < 4.78 is 9.88. The van der Waals surface area contributed by atoms with Crippen LogP contribution in [-0.2, 0) is 9.47 Å². The van der Waals surface area contributed by atoms with Crippen molar-refractivity contribution < 1.29 is 14.3 Å². The summed E-state index contributed by atoms with van der Waals surface area (Å²) in [5.41, 5.74) is 0. The van der Waals surface area contributed by atoms with E-state index in [9.17, 15) is 4.79 Å². The number of hydrogen-bond acceptors (Lipinski definition) is 3. The van der Waals surface area contributed by atoms with Crippen LogP contribution in [0.2, 0.25) is 0 Å². The second-order valence-electron chi connectivity index (χ2n) is 6.97. The van der Waals surface area contributed by atoms with Crippen LogP contribution < -0.4 is 0 Å². The average Bonchev–Trinajstić information content (AvgIpc) is 2.61. The molecule has 0 spiro atoms. The predicted molar refractivity (Wildman–Crippen MR) is 107 cm³/mol. The van der Waals surface area contributed by atoms with Crippen LogP contribution in [0.5, 0.6) is 0 Å². The Kier molecular flexibility index (Phi) is 20.2. The van der Waals surface area contributed by atoms with Crippen molar-refractivity contribution in [2.24, 2.45) is 0 Å². The summed E-state index contributed by atoms with van der Waals surface area (Å²) in [6, 6.07) is 0. The molecule has 148 valence electrons. The van der Waals surface area contributed by atoms with Gasteiger partial charge in [0.05, 0.1) is 13.2 Å². The molecule has 0 bridgehead atoms. The fourth-order valence-electron chi connectivity index (χ4n) is 2.90. The molecule has 0 rings (SSSR count). The van der Waals surface area contributed by atoms with E-state index in [0.29, 0.717) is 19.6 Å². The Labute approximate surface area is 156 Å².